The molecule has 0 unspecified atom stereocenters. The molecule has 1 aliphatic heterocycles. The maximum Gasteiger partial charge on any atom is 0.133 e. The lowest BCUT2D eigenvalue weighted by molar-refractivity contribution is 0.290. The van der Waals surface area contributed by atoms with Crippen LogP contribution >= 0.6 is 34.2 Å². The van der Waals surface area contributed by atoms with Gasteiger partial charge in [-0.2, -0.15) is 0 Å². The van der Waals surface area contributed by atoms with Crippen LogP contribution in [-0.4, -0.2) is 6.61 Å². The molecule has 2 nitrogen and oxygen atoms in total. The van der Waals surface area contributed by atoms with Gasteiger partial charge in [0.05, 0.1) is 10.2 Å². The van der Waals surface area contributed by atoms with E-state index < -0.39 is 0 Å². The SMILES string of the molecule is Clc1cc2c(c(COc3ccccc3I)c1)OCC2. The quantitative estimate of drug-likeness (QED) is 0.725. The highest BCUT2D eigenvalue weighted by atomic mass is 127. The van der Waals surface area contributed by atoms with Crippen LogP contribution in [0.4, 0.5) is 0 Å². The Labute approximate surface area is 130 Å². The Morgan fingerprint density at radius 1 is 1.26 bits per heavy atom. The van der Waals surface area contributed by atoms with Crippen LogP contribution in [0.3, 0.4) is 0 Å². The first-order chi connectivity index (χ1) is 9.24. The Hall–Kier alpha value is -0.940. The standard InChI is InChI=1S/C15H12ClIO2/c16-12-7-10-5-6-18-15(10)11(8-12)9-19-14-4-2-1-3-13(14)17/h1-4,7-8H,5-6,9H2. The zero-order chi connectivity index (χ0) is 13.2. The third-order valence-corrected chi connectivity index (χ3v) is 4.15. The summed E-state index contributed by atoms with van der Waals surface area (Å²) in [6.07, 6.45) is 0.922. The van der Waals surface area contributed by atoms with Crippen LogP contribution < -0.4 is 9.47 Å². The third-order valence-electron chi connectivity index (χ3n) is 3.05. The Bertz CT molecular complexity index is 613. The van der Waals surface area contributed by atoms with Crippen molar-refractivity contribution in [3.63, 3.8) is 0 Å². The minimum Gasteiger partial charge on any atom is -0.493 e. The van der Waals surface area contributed by atoms with Crippen molar-refractivity contribution in [2.45, 2.75) is 13.0 Å². The number of rotatable bonds is 3. The van der Waals surface area contributed by atoms with Crippen LogP contribution in [0.15, 0.2) is 36.4 Å². The van der Waals surface area contributed by atoms with Crippen molar-refractivity contribution in [1.29, 1.82) is 0 Å². The summed E-state index contributed by atoms with van der Waals surface area (Å²) in [5.74, 6) is 1.82. The predicted molar refractivity (Wildman–Crippen MR) is 84.1 cm³/mol. The normalized spacial score (nSPS) is 12.9. The van der Waals surface area contributed by atoms with Crippen molar-refractivity contribution in [1.82, 2.24) is 0 Å². The second kappa shape index (κ2) is 5.59. The van der Waals surface area contributed by atoms with Gasteiger partial charge >= 0.3 is 0 Å². The van der Waals surface area contributed by atoms with E-state index in [2.05, 4.69) is 22.6 Å². The highest BCUT2D eigenvalue weighted by Gasteiger charge is 2.18. The van der Waals surface area contributed by atoms with E-state index in [0.29, 0.717) is 6.61 Å². The molecule has 0 radical (unpaired) electrons. The van der Waals surface area contributed by atoms with Crippen LogP contribution in [-0.2, 0) is 13.0 Å². The molecule has 1 heterocycles. The predicted octanol–water partition coefficient (Wildman–Crippen LogP) is 4.46. The van der Waals surface area contributed by atoms with Crippen LogP contribution in [0.25, 0.3) is 0 Å². The highest BCUT2D eigenvalue weighted by Crippen LogP contribution is 2.33. The van der Waals surface area contributed by atoms with E-state index in [-0.39, 0.29) is 0 Å². The second-order valence-corrected chi connectivity index (χ2v) is 5.97. The van der Waals surface area contributed by atoms with Crippen molar-refractivity contribution >= 4 is 34.2 Å². The van der Waals surface area contributed by atoms with Gasteiger partial charge in [0.2, 0.25) is 0 Å². The minimum atomic E-state index is 0.475. The number of benzene rings is 2. The molecule has 2 aromatic rings. The van der Waals surface area contributed by atoms with Crippen molar-refractivity contribution in [3.05, 3.63) is 56.1 Å². The minimum absolute atomic E-state index is 0.475. The van der Waals surface area contributed by atoms with E-state index in [0.717, 1.165) is 38.7 Å². The second-order valence-electron chi connectivity index (χ2n) is 4.37. The fourth-order valence-corrected chi connectivity index (χ4v) is 2.98. The van der Waals surface area contributed by atoms with Crippen LogP contribution in [0.5, 0.6) is 11.5 Å². The molecule has 2 aromatic carbocycles. The fourth-order valence-electron chi connectivity index (χ4n) is 2.17. The first kappa shape index (κ1) is 13.1. The lowest BCUT2D eigenvalue weighted by Gasteiger charge is -2.11. The first-order valence-corrected chi connectivity index (χ1v) is 7.51. The summed E-state index contributed by atoms with van der Waals surface area (Å²) in [5.41, 5.74) is 2.19. The third kappa shape index (κ3) is 2.82. The smallest absolute Gasteiger partial charge is 0.133 e. The van der Waals surface area contributed by atoms with Gasteiger partial charge in [0.25, 0.3) is 0 Å². The summed E-state index contributed by atoms with van der Waals surface area (Å²) >= 11 is 8.39. The molecule has 98 valence electrons. The molecule has 1 aliphatic rings. The molecular weight excluding hydrogens is 375 g/mol. The van der Waals surface area contributed by atoms with Gasteiger partial charge < -0.3 is 9.47 Å². The van der Waals surface area contributed by atoms with Crippen LogP contribution in [0.1, 0.15) is 11.1 Å². The number of hydrogen-bond donors (Lipinski definition) is 0. The zero-order valence-electron chi connectivity index (χ0n) is 10.2. The van der Waals surface area contributed by atoms with E-state index in [4.69, 9.17) is 21.1 Å². The van der Waals surface area contributed by atoms with Gasteiger partial charge in [-0.1, -0.05) is 23.7 Å². The summed E-state index contributed by atoms with van der Waals surface area (Å²) in [6.45, 7) is 1.20. The maximum atomic E-state index is 6.13. The lowest BCUT2D eigenvalue weighted by atomic mass is 10.1. The van der Waals surface area contributed by atoms with Crippen molar-refractivity contribution < 1.29 is 9.47 Å². The van der Waals surface area contributed by atoms with Crippen LogP contribution in [0.2, 0.25) is 5.02 Å². The fraction of sp³-hybridized carbons (Fsp3) is 0.200. The molecule has 0 bridgehead atoms. The summed E-state index contributed by atoms with van der Waals surface area (Å²) in [4.78, 5) is 0. The Morgan fingerprint density at radius 3 is 2.95 bits per heavy atom. The largest absolute Gasteiger partial charge is 0.493 e. The number of para-hydroxylation sites is 1. The molecule has 3 rings (SSSR count). The summed E-state index contributed by atoms with van der Waals surface area (Å²) < 4.78 is 12.6. The Morgan fingerprint density at radius 2 is 2.11 bits per heavy atom. The average molecular weight is 387 g/mol. The number of fused-ring (bicyclic) bond motifs is 1. The molecule has 0 amide bonds. The summed E-state index contributed by atoms with van der Waals surface area (Å²) in [5, 5.41) is 0.741. The molecule has 0 fully saturated rings. The Kier molecular flexibility index (Phi) is 3.84. The first-order valence-electron chi connectivity index (χ1n) is 6.05. The van der Waals surface area contributed by atoms with Gasteiger partial charge in [0.1, 0.15) is 18.1 Å². The van der Waals surface area contributed by atoms with E-state index >= 15 is 0 Å². The van der Waals surface area contributed by atoms with Gasteiger partial charge in [-0.3, -0.25) is 0 Å². The topological polar surface area (TPSA) is 18.5 Å². The van der Waals surface area contributed by atoms with Crippen molar-refractivity contribution in [2.75, 3.05) is 6.61 Å². The molecule has 0 atom stereocenters. The molecule has 0 aromatic heterocycles. The maximum absolute atomic E-state index is 6.13. The van der Waals surface area contributed by atoms with Gasteiger partial charge in [-0.15, -0.1) is 0 Å². The molecule has 19 heavy (non-hydrogen) atoms. The van der Waals surface area contributed by atoms with Crippen LogP contribution in [0, 0.1) is 3.57 Å². The molecule has 0 spiro atoms. The van der Waals surface area contributed by atoms with E-state index in [1.807, 2.05) is 36.4 Å². The lowest BCUT2D eigenvalue weighted by Crippen LogP contribution is -1.99. The molecule has 4 heteroatoms. The van der Waals surface area contributed by atoms with Crippen molar-refractivity contribution in [3.8, 4) is 11.5 Å². The van der Waals surface area contributed by atoms with Crippen molar-refractivity contribution in [2.24, 2.45) is 0 Å². The monoisotopic (exact) mass is 386 g/mol. The van der Waals surface area contributed by atoms with Gasteiger partial charge in [0.15, 0.2) is 0 Å². The molecular formula is C15H12ClIO2. The number of hydrogen-bond acceptors (Lipinski definition) is 2. The Balaban J connectivity index is 1.83. The van der Waals surface area contributed by atoms with Gasteiger partial charge in [-0.25, -0.2) is 0 Å². The zero-order valence-corrected chi connectivity index (χ0v) is 13.1. The van der Waals surface area contributed by atoms with E-state index in [1.165, 1.54) is 5.56 Å². The molecule has 0 aliphatic carbocycles. The number of halogens is 2. The molecule has 0 saturated heterocycles. The van der Waals surface area contributed by atoms with Gasteiger partial charge in [0, 0.05) is 17.0 Å². The van der Waals surface area contributed by atoms with Gasteiger partial charge in [-0.05, 0) is 52.4 Å². The highest BCUT2D eigenvalue weighted by molar-refractivity contribution is 14.1. The summed E-state index contributed by atoms with van der Waals surface area (Å²) in [7, 11) is 0. The molecule has 0 N–H and O–H groups in total. The summed E-state index contributed by atoms with van der Waals surface area (Å²) in [6, 6.07) is 11.8. The van der Waals surface area contributed by atoms with E-state index in [1.54, 1.807) is 0 Å². The molecule has 0 saturated carbocycles. The average Bonchev–Trinajstić information content (AvgIpc) is 2.85. The number of ether oxygens (including phenoxy) is 2. The van der Waals surface area contributed by atoms with E-state index in [9.17, 15) is 0 Å².